The number of allylic oxidation sites excluding steroid dienone is 1. The maximum absolute atomic E-state index is 12.5. The van der Waals surface area contributed by atoms with Gasteiger partial charge in [-0.05, 0) is 69.3 Å². The number of hydrogen-bond acceptors (Lipinski definition) is 8. The molecular formula is C30H52O8. The van der Waals surface area contributed by atoms with Crippen LogP contribution in [0.25, 0.3) is 0 Å². The number of aldehydes is 1. The van der Waals surface area contributed by atoms with Crippen molar-refractivity contribution < 1.29 is 40.8 Å². The van der Waals surface area contributed by atoms with Gasteiger partial charge in [0.2, 0.25) is 0 Å². The zero-order valence-corrected chi connectivity index (χ0v) is 23.6. The molecule has 1 aliphatic carbocycles. The normalized spacial score (nSPS) is 34.8. The average molecular weight is 542 g/mol. The lowest BCUT2D eigenvalue weighted by Gasteiger charge is -2.40. The second kappa shape index (κ2) is 15.1. The van der Waals surface area contributed by atoms with Gasteiger partial charge in [-0.1, -0.05) is 33.6 Å². The second-order valence-corrected chi connectivity index (χ2v) is 12.1. The van der Waals surface area contributed by atoms with Crippen LogP contribution in [0.4, 0.5) is 0 Å². The first-order valence-electron chi connectivity index (χ1n) is 15.3. The highest BCUT2D eigenvalue weighted by Crippen LogP contribution is 2.45. The molecule has 2 aliphatic heterocycles. The largest absolute Gasteiger partial charge is 0.512 e. The third kappa shape index (κ3) is 8.24. The number of aliphatic hydroxyl groups is 4. The van der Waals surface area contributed by atoms with E-state index < -0.39 is 66.4 Å². The second-order valence-electron chi connectivity index (χ2n) is 12.1. The Morgan fingerprint density at radius 2 is 1.89 bits per heavy atom. The summed E-state index contributed by atoms with van der Waals surface area (Å²) in [5, 5.41) is 42.5. The Morgan fingerprint density at radius 1 is 1.18 bits per heavy atom. The standard InChI is InChI=1S/C30H52O8/c1-4-5-12-30(2,3)24(26-10-6-8-13-36-26)17-25(34)23(19-32)21-16-27(38-28-11-7-9-14-37-28)22(29(21)35)15-20(33)18-31/h17,19-24,26-29,31,33-35H,4-16,18H2,1-3H3/t20?,21-,22+,23-,24+,26?,27+,28?,29-/m1/s1/i24D. The number of ether oxygens (including phenoxy) is 3. The van der Waals surface area contributed by atoms with Crippen LogP contribution in [0.3, 0.4) is 0 Å². The minimum atomic E-state index is -1.27. The van der Waals surface area contributed by atoms with Gasteiger partial charge in [-0.25, -0.2) is 0 Å². The van der Waals surface area contributed by atoms with Gasteiger partial charge in [0.1, 0.15) is 6.29 Å². The molecule has 0 aromatic heterocycles. The van der Waals surface area contributed by atoms with Gasteiger partial charge >= 0.3 is 0 Å². The molecule has 220 valence electrons. The van der Waals surface area contributed by atoms with Crippen LogP contribution in [0.2, 0.25) is 0 Å². The summed E-state index contributed by atoms with van der Waals surface area (Å²) in [7, 11) is 0. The van der Waals surface area contributed by atoms with Crippen LogP contribution >= 0.6 is 0 Å². The summed E-state index contributed by atoms with van der Waals surface area (Å²) in [6.45, 7) is 6.88. The van der Waals surface area contributed by atoms with Crippen molar-refractivity contribution in [2.24, 2.45) is 29.1 Å². The number of unbranched alkanes of at least 4 members (excludes halogenated alkanes) is 1. The van der Waals surface area contributed by atoms with Crippen molar-refractivity contribution in [3.05, 3.63) is 11.8 Å². The molecule has 38 heavy (non-hydrogen) atoms. The van der Waals surface area contributed by atoms with E-state index >= 15 is 0 Å². The first-order valence-corrected chi connectivity index (χ1v) is 14.8. The van der Waals surface area contributed by atoms with Crippen LogP contribution in [0.5, 0.6) is 0 Å². The maximum Gasteiger partial charge on any atom is 0.157 e. The summed E-state index contributed by atoms with van der Waals surface area (Å²) in [5.41, 5.74) is -0.529. The molecule has 3 rings (SSSR count). The molecule has 3 unspecified atom stereocenters. The van der Waals surface area contributed by atoms with Crippen LogP contribution in [0.1, 0.15) is 92.8 Å². The zero-order valence-electron chi connectivity index (χ0n) is 24.6. The molecule has 9 atom stereocenters. The highest BCUT2D eigenvalue weighted by Gasteiger charge is 2.49. The average Bonchev–Trinajstić information content (AvgIpc) is 3.22. The highest BCUT2D eigenvalue weighted by molar-refractivity contribution is 5.59. The van der Waals surface area contributed by atoms with Gasteiger partial charge in [-0.2, -0.15) is 0 Å². The molecule has 3 aliphatic rings. The Balaban J connectivity index is 1.89. The Bertz CT molecular complexity index is 779. The third-order valence-electron chi connectivity index (χ3n) is 8.79. The van der Waals surface area contributed by atoms with E-state index in [1.165, 1.54) is 6.08 Å². The van der Waals surface area contributed by atoms with E-state index in [0.29, 0.717) is 25.9 Å². The molecule has 2 heterocycles. The molecule has 1 saturated carbocycles. The molecule has 8 nitrogen and oxygen atoms in total. The van der Waals surface area contributed by atoms with E-state index in [1.54, 1.807) is 0 Å². The lowest BCUT2D eigenvalue weighted by molar-refractivity contribution is -0.199. The smallest absolute Gasteiger partial charge is 0.157 e. The molecule has 0 aromatic carbocycles. The Morgan fingerprint density at radius 3 is 2.47 bits per heavy atom. The lowest BCUT2D eigenvalue weighted by atomic mass is 9.70. The van der Waals surface area contributed by atoms with Gasteiger partial charge in [-0.3, -0.25) is 0 Å². The predicted molar refractivity (Wildman–Crippen MR) is 144 cm³/mol. The molecule has 8 heteroatoms. The summed E-state index contributed by atoms with van der Waals surface area (Å²) in [6, 6.07) is 0. The van der Waals surface area contributed by atoms with E-state index in [1.807, 2.05) is 13.8 Å². The van der Waals surface area contributed by atoms with Crippen LogP contribution in [0.15, 0.2) is 11.8 Å². The third-order valence-corrected chi connectivity index (χ3v) is 8.79. The van der Waals surface area contributed by atoms with Gasteiger partial charge in [0.05, 0.1) is 42.7 Å². The molecular weight excluding hydrogens is 488 g/mol. The van der Waals surface area contributed by atoms with E-state index in [-0.39, 0.29) is 18.6 Å². The molecule has 0 bridgehead atoms. The fraction of sp³-hybridized carbons (Fsp3) is 0.900. The number of carbonyl (C=O) groups is 1. The van der Waals surface area contributed by atoms with Crippen molar-refractivity contribution in [3.8, 4) is 0 Å². The van der Waals surface area contributed by atoms with Crippen LogP contribution in [0, 0.1) is 29.1 Å². The van der Waals surface area contributed by atoms with Crippen LogP contribution in [-0.2, 0) is 19.0 Å². The first kappa shape index (κ1) is 29.9. The van der Waals surface area contributed by atoms with Crippen molar-refractivity contribution in [1.29, 1.82) is 0 Å². The first-order chi connectivity index (χ1) is 18.6. The summed E-state index contributed by atoms with van der Waals surface area (Å²) < 4.78 is 27.7. The highest BCUT2D eigenvalue weighted by atomic mass is 16.7. The number of rotatable bonds is 14. The maximum atomic E-state index is 12.5. The van der Waals surface area contributed by atoms with E-state index in [0.717, 1.165) is 51.4 Å². The molecule has 4 N–H and O–H groups in total. The van der Waals surface area contributed by atoms with Crippen molar-refractivity contribution in [1.82, 2.24) is 0 Å². The van der Waals surface area contributed by atoms with Gasteiger partial charge in [0.15, 0.2) is 6.29 Å². The summed E-state index contributed by atoms with van der Waals surface area (Å²) >= 11 is 0. The Labute approximate surface area is 230 Å². The summed E-state index contributed by atoms with van der Waals surface area (Å²) in [4.78, 5) is 12.5. The lowest BCUT2D eigenvalue weighted by Crippen LogP contribution is -2.38. The van der Waals surface area contributed by atoms with Crippen LogP contribution < -0.4 is 0 Å². The summed E-state index contributed by atoms with van der Waals surface area (Å²) in [5.74, 6) is -3.74. The van der Waals surface area contributed by atoms with Crippen molar-refractivity contribution in [3.63, 3.8) is 0 Å². The Kier molecular flexibility index (Phi) is 11.9. The van der Waals surface area contributed by atoms with Gasteiger partial charge < -0.3 is 39.4 Å². The molecule has 2 saturated heterocycles. The zero-order chi connectivity index (χ0) is 28.6. The predicted octanol–water partition coefficient (Wildman–Crippen LogP) is 4.30. The number of carbonyl (C=O) groups excluding carboxylic acids is 1. The van der Waals surface area contributed by atoms with Crippen molar-refractivity contribution >= 4 is 6.29 Å². The SMILES string of the molecule is [2H][C@](C=C(O)[C@H](C=O)[C@H]1C[C@H](OC2CCCCO2)[C@H](CC(O)CO)[C@@H]1O)(C1CCCCO1)C(C)(C)CCCC. The van der Waals surface area contributed by atoms with Crippen molar-refractivity contribution in [2.75, 3.05) is 19.8 Å². The fourth-order valence-electron chi connectivity index (χ4n) is 6.45. The van der Waals surface area contributed by atoms with E-state index in [9.17, 15) is 26.6 Å². The minimum Gasteiger partial charge on any atom is -0.512 e. The van der Waals surface area contributed by atoms with Gasteiger partial charge in [0, 0.05) is 32.3 Å². The Hall–Kier alpha value is -1.03. The molecule has 0 aromatic rings. The molecule has 0 amide bonds. The quantitative estimate of drug-likeness (QED) is 0.190. The monoisotopic (exact) mass is 541 g/mol. The number of aliphatic hydroxyl groups excluding tert-OH is 4. The van der Waals surface area contributed by atoms with E-state index in [4.69, 9.17) is 14.2 Å². The number of hydrogen-bond donors (Lipinski definition) is 4. The van der Waals surface area contributed by atoms with Gasteiger partial charge in [-0.15, -0.1) is 0 Å². The topological polar surface area (TPSA) is 126 Å². The van der Waals surface area contributed by atoms with Gasteiger partial charge in [0.25, 0.3) is 0 Å². The molecule has 3 fully saturated rings. The minimum absolute atomic E-state index is 0.101. The van der Waals surface area contributed by atoms with Crippen LogP contribution in [-0.4, -0.2) is 77.2 Å². The molecule has 0 spiro atoms. The van der Waals surface area contributed by atoms with Crippen molar-refractivity contribution in [2.45, 2.75) is 122 Å². The summed E-state index contributed by atoms with van der Waals surface area (Å²) in [6.07, 6.45) is 7.06. The van der Waals surface area contributed by atoms with E-state index in [2.05, 4.69) is 6.92 Å². The molecule has 0 radical (unpaired) electrons. The fourth-order valence-corrected chi connectivity index (χ4v) is 6.45.